The number of hydrogen-bond donors (Lipinski definition) is 1. The summed E-state index contributed by atoms with van der Waals surface area (Å²) in [5.41, 5.74) is 0.756. The molecule has 26 heavy (non-hydrogen) atoms. The van der Waals surface area contributed by atoms with E-state index in [9.17, 15) is 13.2 Å². The zero-order valence-corrected chi connectivity index (χ0v) is 15.3. The van der Waals surface area contributed by atoms with Crippen molar-refractivity contribution in [2.75, 3.05) is 18.0 Å². The molecule has 7 nitrogen and oxygen atoms in total. The topological polar surface area (TPSA) is 84.3 Å². The van der Waals surface area contributed by atoms with Crippen molar-refractivity contribution < 1.29 is 13.2 Å². The molecule has 138 valence electrons. The molecule has 0 saturated carbocycles. The number of nitrogens with one attached hydrogen (secondary N) is 1. The summed E-state index contributed by atoms with van der Waals surface area (Å²) in [6, 6.07) is 6.54. The van der Waals surface area contributed by atoms with Gasteiger partial charge in [0.15, 0.2) is 0 Å². The maximum absolute atomic E-state index is 12.6. The Labute approximate surface area is 153 Å². The van der Waals surface area contributed by atoms with E-state index in [0.717, 1.165) is 37.3 Å². The second-order valence-corrected chi connectivity index (χ2v) is 8.66. The molecule has 1 saturated heterocycles. The molecule has 1 amide bonds. The minimum absolute atomic E-state index is 0.0925. The number of carbonyl (C=O) groups is 1. The number of sulfonamides is 1. The number of fused-ring (bicyclic) bond motifs is 1. The summed E-state index contributed by atoms with van der Waals surface area (Å²) in [6.45, 7) is 1.89. The van der Waals surface area contributed by atoms with Crippen LogP contribution in [0.4, 0.5) is 5.69 Å². The Morgan fingerprint density at radius 3 is 2.73 bits per heavy atom. The molecule has 1 atom stereocenters. The summed E-state index contributed by atoms with van der Waals surface area (Å²) in [5, 5.41) is 0. The van der Waals surface area contributed by atoms with Gasteiger partial charge in [0, 0.05) is 50.6 Å². The van der Waals surface area contributed by atoms with Crippen molar-refractivity contribution in [2.24, 2.45) is 5.92 Å². The van der Waals surface area contributed by atoms with E-state index in [-0.39, 0.29) is 16.7 Å². The van der Waals surface area contributed by atoms with E-state index in [0.29, 0.717) is 19.5 Å². The minimum Gasteiger partial charge on any atom is -0.335 e. The van der Waals surface area contributed by atoms with Gasteiger partial charge in [0.1, 0.15) is 5.82 Å². The largest absolute Gasteiger partial charge is 0.335 e. The Bertz CT molecular complexity index is 905. The lowest BCUT2D eigenvalue weighted by Gasteiger charge is -2.24. The highest BCUT2D eigenvalue weighted by Gasteiger charge is 2.24. The van der Waals surface area contributed by atoms with Gasteiger partial charge in [-0.15, -0.1) is 0 Å². The highest BCUT2D eigenvalue weighted by Crippen LogP contribution is 2.23. The molecule has 1 N–H and O–H groups in total. The Hall–Kier alpha value is -2.19. The number of nitrogens with zero attached hydrogens (tertiary/aromatic N) is 3. The van der Waals surface area contributed by atoms with Crippen LogP contribution in [0.25, 0.3) is 0 Å². The third-order valence-corrected chi connectivity index (χ3v) is 6.57. The van der Waals surface area contributed by atoms with Crippen molar-refractivity contribution in [1.82, 2.24) is 14.3 Å². The first-order valence-electron chi connectivity index (χ1n) is 8.93. The minimum atomic E-state index is -3.56. The number of anilines is 1. The van der Waals surface area contributed by atoms with Crippen LogP contribution >= 0.6 is 0 Å². The number of aryl methyl sites for hydroxylation is 1. The molecule has 2 aromatic rings. The second kappa shape index (κ2) is 6.85. The SMILES string of the molecule is O=C1CCCN1c1ccc(S(=O)(=O)NCC2CCc3nccn3C2)cc1. The number of amides is 1. The number of aromatic nitrogens is 2. The van der Waals surface area contributed by atoms with E-state index < -0.39 is 10.0 Å². The standard InChI is InChI=1S/C18H22N4O3S/c23-18-2-1-10-22(18)15-4-6-16(7-5-15)26(24,25)20-12-14-3-8-17-19-9-11-21(17)13-14/h4-7,9,11,14,20H,1-3,8,10,12-13H2. The van der Waals surface area contributed by atoms with E-state index >= 15 is 0 Å². The fraction of sp³-hybridized carbons (Fsp3) is 0.444. The molecule has 4 rings (SSSR count). The van der Waals surface area contributed by atoms with Gasteiger partial charge in [-0.2, -0.15) is 0 Å². The average molecular weight is 374 g/mol. The summed E-state index contributed by atoms with van der Waals surface area (Å²) in [4.78, 5) is 18.0. The zero-order valence-electron chi connectivity index (χ0n) is 14.5. The molecule has 0 spiro atoms. The molecule has 1 fully saturated rings. The number of rotatable bonds is 5. The van der Waals surface area contributed by atoms with Gasteiger partial charge in [0.25, 0.3) is 0 Å². The summed E-state index contributed by atoms with van der Waals surface area (Å²) >= 11 is 0. The Balaban J connectivity index is 1.40. The molecular weight excluding hydrogens is 352 g/mol. The summed E-state index contributed by atoms with van der Waals surface area (Å²) < 4.78 is 29.9. The highest BCUT2D eigenvalue weighted by atomic mass is 32.2. The first kappa shape index (κ1) is 17.2. The normalized spacial score (nSPS) is 20.4. The number of benzene rings is 1. The van der Waals surface area contributed by atoms with Gasteiger partial charge in [0.05, 0.1) is 4.90 Å². The molecule has 0 radical (unpaired) electrons. The number of imidazole rings is 1. The van der Waals surface area contributed by atoms with Crippen LogP contribution in [0.2, 0.25) is 0 Å². The highest BCUT2D eigenvalue weighted by molar-refractivity contribution is 7.89. The maximum atomic E-state index is 12.6. The third kappa shape index (κ3) is 3.39. The zero-order chi connectivity index (χ0) is 18.1. The first-order chi connectivity index (χ1) is 12.5. The molecule has 3 heterocycles. The summed E-state index contributed by atoms with van der Waals surface area (Å²) in [6.07, 6.45) is 6.93. The molecular formula is C18H22N4O3S. The molecule has 1 aromatic carbocycles. The van der Waals surface area contributed by atoms with Crippen LogP contribution in [0.3, 0.4) is 0 Å². The predicted molar refractivity (Wildman–Crippen MR) is 97.3 cm³/mol. The molecule has 1 aromatic heterocycles. The van der Waals surface area contributed by atoms with E-state index in [1.54, 1.807) is 35.4 Å². The lowest BCUT2D eigenvalue weighted by molar-refractivity contribution is -0.117. The maximum Gasteiger partial charge on any atom is 0.240 e. The van der Waals surface area contributed by atoms with E-state index in [2.05, 4.69) is 14.3 Å². The van der Waals surface area contributed by atoms with E-state index in [1.807, 2.05) is 6.20 Å². The van der Waals surface area contributed by atoms with Crippen molar-refractivity contribution in [3.05, 3.63) is 42.5 Å². The van der Waals surface area contributed by atoms with Gasteiger partial charge in [-0.05, 0) is 43.0 Å². The molecule has 2 aliphatic rings. The molecule has 8 heteroatoms. The van der Waals surface area contributed by atoms with Gasteiger partial charge in [0.2, 0.25) is 15.9 Å². The average Bonchev–Trinajstić information content (AvgIpc) is 3.28. The molecule has 0 bridgehead atoms. The predicted octanol–water partition coefficient (Wildman–Crippen LogP) is 1.55. The van der Waals surface area contributed by atoms with Crippen molar-refractivity contribution >= 4 is 21.6 Å². The van der Waals surface area contributed by atoms with Crippen LogP contribution < -0.4 is 9.62 Å². The van der Waals surface area contributed by atoms with Gasteiger partial charge in [-0.1, -0.05) is 0 Å². The van der Waals surface area contributed by atoms with Crippen LogP contribution in [0.15, 0.2) is 41.6 Å². The fourth-order valence-electron chi connectivity index (χ4n) is 3.64. The fourth-order valence-corrected chi connectivity index (χ4v) is 4.76. The van der Waals surface area contributed by atoms with Crippen molar-refractivity contribution in [3.63, 3.8) is 0 Å². The molecule has 2 aliphatic heterocycles. The van der Waals surface area contributed by atoms with Crippen LogP contribution in [-0.4, -0.2) is 37.0 Å². The van der Waals surface area contributed by atoms with Crippen LogP contribution in [0, 0.1) is 5.92 Å². The Kier molecular flexibility index (Phi) is 4.54. The van der Waals surface area contributed by atoms with Gasteiger partial charge < -0.3 is 9.47 Å². The van der Waals surface area contributed by atoms with Crippen LogP contribution in [-0.2, 0) is 27.8 Å². The van der Waals surface area contributed by atoms with Crippen molar-refractivity contribution in [1.29, 1.82) is 0 Å². The quantitative estimate of drug-likeness (QED) is 0.861. The summed E-state index contributed by atoms with van der Waals surface area (Å²) in [7, 11) is -3.56. The van der Waals surface area contributed by atoms with Crippen LogP contribution in [0.1, 0.15) is 25.1 Å². The van der Waals surface area contributed by atoms with Gasteiger partial charge in [-0.3, -0.25) is 4.79 Å². The molecule has 1 unspecified atom stereocenters. The third-order valence-electron chi connectivity index (χ3n) is 5.13. The second-order valence-electron chi connectivity index (χ2n) is 6.90. The Morgan fingerprint density at radius 2 is 2.00 bits per heavy atom. The first-order valence-corrected chi connectivity index (χ1v) is 10.4. The number of carbonyl (C=O) groups excluding carboxylic acids is 1. The van der Waals surface area contributed by atoms with E-state index in [1.165, 1.54) is 0 Å². The summed E-state index contributed by atoms with van der Waals surface area (Å²) in [5.74, 6) is 1.42. The smallest absolute Gasteiger partial charge is 0.240 e. The van der Waals surface area contributed by atoms with E-state index in [4.69, 9.17) is 0 Å². The van der Waals surface area contributed by atoms with Gasteiger partial charge >= 0.3 is 0 Å². The lowest BCUT2D eigenvalue weighted by Crippen LogP contribution is -2.33. The molecule has 0 aliphatic carbocycles. The van der Waals surface area contributed by atoms with Crippen LogP contribution in [0.5, 0.6) is 0 Å². The van der Waals surface area contributed by atoms with Gasteiger partial charge in [-0.25, -0.2) is 18.1 Å². The lowest BCUT2D eigenvalue weighted by atomic mass is 10.00. The number of hydrogen-bond acceptors (Lipinski definition) is 4. The Morgan fingerprint density at radius 1 is 1.19 bits per heavy atom. The monoisotopic (exact) mass is 374 g/mol. The van der Waals surface area contributed by atoms with Crippen molar-refractivity contribution in [3.8, 4) is 0 Å². The van der Waals surface area contributed by atoms with Crippen molar-refractivity contribution in [2.45, 2.75) is 37.1 Å².